The van der Waals surface area contributed by atoms with Gasteiger partial charge in [0.1, 0.15) is 12.0 Å². The molecule has 0 aliphatic carbocycles. The fraction of sp³-hybridized carbons (Fsp3) is 0.273. The highest BCUT2D eigenvalue weighted by Crippen LogP contribution is 2.27. The lowest BCUT2D eigenvalue weighted by atomic mass is 9.98. The Bertz CT molecular complexity index is 384. The molecular weight excluding hydrogens is 196 g/mol. The van der Waals surface area contributed by atoms with Gasteiger partial charge < -0.3 is 9.84 Å². The second kappa shape index (κ2) is 4.59. The van der Waals surface area contributed by atoms with E-state index in [4.69, 9.17) is 9.84 Å². The maximum absolute atomic E-state index is 10.8. The molecule has 1 rings (SSSR count). The minimum atomic E-state index is -0.948. The SMILES string of the molecule is COc1ccc(C=O)cc1C(C)C(=O)O. The van der Waals surface area contributed by atoms with Crippen LogP contribution in [0.4, 0.5) is 0 Å². The average molecular weight is 208 g/mol. The van der Waals surface area contributed by atoms with E-state index in [2.05, 4.69) is 0 Å². The van der Waals surface area contributed by atoms with Crippen LogP contribution in [0.2, 0.25) is 0 Å². The molecule has 0 aliphatic heterocycles. The van der Waals surface area contributed by atoms with E-state index in [1.807, 2.05) is 0 Å². The zero-order valence-electron chi connectivity index (χ0n) is 8.56. The molecule has 0 heterocycles. The molecule has 0 aromatic heterocycles. The summed E-state index contributed by atoms with van der Waals surface area (Å²) >= 11 is 0. The smallest absolute Gasteiger partial charge is 0.310 e. The van der Waals surface area contributed by atoms with Crippen LogP contribution in [-0.4, -0.2) is 24.5 Å². The van der Waals surface area contributed by atoms with Gasteiger partial charge in [-0.25, -0.2) is 0 Å². The third-order valence-corrected chi connectivity index (χ3v) is 2.23. The third kappa shape index (κ3) is 2.34. The van der Waals surface area contributed by atoms with Crippen molar-refractivity contribution in [2.75, 3.05) is 7.11 Å². The van der Waals surface area contributed by atoms with Crippen LogP contribution in [0.3, 0.4) is 0 Å². The van der Waals surface area contributed by atoms with E-state index in [0.717, 1.165) is 0 Å². The number of carboxylic acid groups (broad SMARTS) is 1. The van der Waals surface area contributed by atoms with Crippen LogP contribution in [-0.2, 0) is 4.79 Å². The summed E-state index contributed by atoms with van der Waals surface area (Å²) in [6.07, 6.45) is 0.678. The van der Waals surface area contributed by atoms with Crippen LogP contribution in [0.1, 0.15) is 28.8 Å². The Labute approximate surface area is 87.5 Å². The molecule has 0 fully saturated rings. The van der Waals surface area contributed by atoms with Gasteiger partial charge in [0.15, 0.2) is 0 Å². The maximum Gasteiger partial charge on any atom is 0.310 e. The first-order valence-corrected chi connectivity index (χ1v) is 4.46. The summed E-state index contributed by atoms with van der Waals surface area (Å²) in [4.78, 5) is 21.4. The van der Waals surface area contributed by atoms with Crippen LogP contribution in [0.25, 0.3) is 0 Å². The Morgan fingerprint density at radius 1 is 1.53 bits per heavy atom. The number of hydrogen-bond donors (Lipinski definition) is 1. The molecule has 15 heavy (non-hydrogen) atoms. The molecule has 4 heteroatoms. The molecule has 1 atom stereocenters. The fourth-order valence-electron chi connectivity index (χ4n) is 1.30. The van der Waals surface area contributed by atoms with E-state index in [9.17, 15) is 9.59 Å². The van der Waals surface area contributed by atoms with Gasteiger partial charge in [0.05, 0.1) is 13.0 Å². The van der Waals surface area contributed by atoms with Crippen LogP contribution in [0.5, 0.6) is 5.75 Å². The Hall–Kier alpha value is -1.84. The molecule has 0 saturated heterocycles. The highest BCUT2D eigenvalue weighted by Gasteiger charge is 2.18. The summed E-state index contributed by atoms with van der Waals surface area (Å²) in [6.45, 7) is 1.55. The van der Waals surface area contributed by atoms with Gasteiger partial charge in [0.25, 0.3) is 0 Å². The lowest BCUT2D eigenvalue weighted by Gasteiger charge is -2.12. The van der Waals surface area contributed by atoms with Crippen molar-refractivity contribution in [3.05, 3.63) is 29.3 Å². The molecular formula is C11H12O4. The van der Waals surface area contributed by atoms with Crippen LogP contribution in [0, 0.1) is 0 Å². The summed E-state index contributed by atoms with van der Waals surface area (Å²) < 4.78 is 5.04. The monoisotopic (exact) mass is 208 g/mol. The molecule has 0 spiro atoms. The van der Waals surface area contributed by atoms with E-state index in [1.165, 1.54) is 13.2 Å². The molecule has 0 amide bonds. The molecule has 4 nitrogen and oxygen atoms in total. The number of ether oxygens (including phenoxy) is 1. The maximum atomic E-state index is 10.8. The predicted molar refractivity (Wildman–Crippen MR) is 54.4 cm³/mol. The number of rotatable bonds is 4. The quantitative estimate of drug-likeness (QED) is 0.765. The Morgan fingerprint density at radius 2 is 2.20 bits per heavy atom. The van der Waals surface area contributed by atoms with Crippen molar-refractivity contribution in [2.45, 2.75) is 12.8 Å². The lowest BCUT2D eigenvalue weighted by molar-refractivity contribution is -0.138. The second-order valence-corrected chi connectivity index (χ2v) is 3.18. The number of carboxylic acids is 1. The number of aliphatic carboxylic acids is 1. The molecule has 0 radical (unpaired) electrons. The van der Waals surface area contributed by atoms with Crippen LogP contribution in [0.15, 0.2) is 18.2 Å². The van der Waals surface area contributed by atoms with Crippen LogP contribution < -0.4 is 4.74 Å². The van der Waals surface area contributed by atoms with Crippen molar-refractivity contribution in [1.29, 1.82) is 0 Å². The molecule has 1 N–H and O–H groups in total. The van der Waals surface area contributed by atoms with Gasteiger partial charge in [-0.3, -0.25) is 9.59 Å². The average Bonchev–Trinajstić information content (AvgIpc) is 2.27. The van der Waals surface area contributed by atoms with Crippen molar-refractivity contribution >= 4 is 12.3 Å². The standard InChI is InChI=1S/C11H12O4/c1-7(11(13)14)9-5-8(6-12)3-4-10(9)15-2/h3-7H,1-2H3,(H,13,14). The predicted octanol–water partition coefficient (Wildman–Crippen LogP) is 1.70. The van der Waals surface area contributed by atoms with Gasteiger partial charge in [-0.15, -0.1) is 0 Å². The molecule has 0 saturated carbocycles. The fourth-order valence-corrected chi connectivity index (χ4v) is 1.30. The molecule has 1 unspecified atom stereocenters. The van der Waals surface area contributed by atoms with E-state index < -0.39 is 11.9 Å². The first kappa shape index (κ1) is 11.2. The van der Waals surface area contributed by atoms with Crippen LogP contribution >= 0.6 is 0 Å². The van der Waals surface area contributed by atoms with E-state index in [1.54, 1.807) is 19.1 Å². The zero-order chi connectivity index (χ0) is 11.4. The number of carbonyl (C=O) groups is 2. The van der Waals surface area contributed by atoms with Crippen molar-refractivity contribution in [3.63, 3.8) is 0 Å². The highest BCUT2D eigenvalue weighted by molar-refractivity contribution is 5.80. The Balaban J connectivity index is 3.22. The number of hydrogen-bond acceptors (Lipinski definition) is 3. The first-order chi connectivity index (χ1) is 7.10. The summed E-state index contributed by atoms with van der Waals surface area (Å²) in [5.74, 6) is -1.16. The van der Waals surface area contributed by atoms with E-state index in [-0.39, 0.29) is 0 Å². The minimum Gasteiger partial charge on any atom is -0.496 e. The van der Waals surface area contributed by atoms with E-state index >= 15 is 0 Å². The summed E-state index contributed by atoms with van der Waals surface area (Å²) in [5.41, 5.74) is 0.952. The first-order valence-electron chi connectivity index (χ1n) is 4.46. The Kier molecular flexibility index (Phi) is 3.44. The van der Waals surface area contributed by atoms with Gasteiger partial charge in [-0.05, 0) is 25.1 Å². The highest BCUT2D eigenvalue weighted by atomic mass is 16.5. The summed E-state index contributed by atoms with van der Waals surface area (Å²) in [7, 11) is 1.47. The zero-order valence-corrected chi connectivity index (χ0v) is 8.56. The topological polar surface area (TPSA) is 63.6 Å². The van der Waals surface area contributed by atoms with Gasteiger partial charge in [0, 0.05) is 11.1 Å². The normalized spacial score (nSPS) is 11.9. The van der Waals surface area contributed by atoms with Gasteiger partial charge in [-0.1, -0.05) is 0 Å². The molecule has 80 valence electrons. The second-order valence-electron chi connectivity index (χ2n) is 3.18. The van der Waals surface area contributed by atoms with Gasteiger partial charge >= 0.3 is 5.97 Å². The third-order valence-electron chi connectivity index (χ3n) is 2.23. The molecule has 1 aromatic rings. The minimum absolute atomic E-state index is 0.443. The summed E-state index contributed by atoms with van der Waals surface area (Å²) in [5, 5.41) is 8.88. The van der Waals surface area contributed by atoms with Crippen molar-refractivity contribution in [3.8, 4) is 5.75 Å². The number of methoxy groups -OCH3 is 1. The van der Waals surface area contributed by atoms with Crippen molar-refractivity contribution in [1.82, 2.24) is 0 Å². The van der Waals surface area contributed by atoms with Gasteiger partial charge in [-0.2, -0.15) is 0 Å². The largest absolute Gasteiger partial charge is 0.496 e. The molecule has 0 aliphatic rings. The lowest BCUT2D eigenvalue weighted by Crippen LogP contribution is -2.09. The number of aldehydes is 1. The van der Waals surface area contributed by atoms with Gasteiger partial charge in [0.2, 0.25) is 0 Å². The van der Waals surface area contributed by atoms with Crippen molar-refractivity contribution < 1.29 is 19.4 Å². The summed E-state index contributed by atoms with van der Waals surface area (Å²) in [6, 6.07) is 4.72. The van der Waals surface area contributed by atoms with E-state index in [0.29, 0.717) is 23.2 Å². The molecule has 0 bridgehead atoms. The number of benzene rings is 1. The number of carbonyl (C=O) groups excluding carboxylic acids is 1. The Morgan fingerprint density at radius 3 is 2.67 bits per heavy atom. The molecule has 1 aromatic carbocycles. The van der Waals surface area contributed by atoms with Crippen molar-refractivity contribution in [2.24, 2.45) is 0 Å².